The number of carbonyl (C=O) groups is 2. The van der Waals surface area contributed by atoms with Crippen LogP contribution in [0.4, 0.5) is 4.39 Å². The van der Waals surface area contributed by atoms with Gasteiger partial charge in [0, 0.05) is 5.56 Å². The maximum Gasteiger partial charge on any atom is 0.269 e. The van der Waals surface area contributed by atoms with Crippen molar-refractivity contribution in [3.63, 3.8) is 0 Å². The number of terminal acetylenes is 1. The van der Waals surface area contributed by atoms with Gasteiger partial charge in [-0.3, -0.25) is 20.4 Å². The van der Waals surface area contributed by atoms with E-state index in [1.165, 1.54) is 48.5 Å². The number of benzene rings is 2. The van der Waals surface area contributed by atoms with Crippen LogP contribution in [0.1, 0.15) is 15.9 Å². The highest BCUT2D eigenvalue weighted by atomic mass is 32.2. The molecule has 2 rings (SSSR count). The first-order valence-corrected chi connectivity index (χ1v) is 9.17. The second kappa shape index (κ2) is 8.93. The van der Waals surface area contributed by atoms with Crippen LogP contribution in [-0.2, 0) is 21.2 Å². The molecule has 0 atom stereocenters. The number of hydrogen-bond donors (Lipinski definition) is 3. The van der Waals surface area contributed by atoms with Crippen LogP contribution < -0.4 is 15.6 Å². The third-order valence-corrected chi connectivity index (χ3v) is 4.80. The van der Waals surface area contributed by atoms with Gasteiger partial charge in [-0.05, 0) is 42.0 Å². The van der Waals surface area contributed by atoms with E-state index in [1.54, 1.807) is 0 Å². The lowest BCUT2D eigenvalue weighted by molar-refractivity contribution is -0.121. The average Bonchev–Trinajstić information content (AvgIpc) is 2.66. The van der Waals surface area contributed by atoms with E-state index in [4.69, 9.17) is 6.42 Å². The Morgan fingerprint density at radius 1 is 1.00 bits per heavy atom. The summed E-state index contributed by atoms with van der Waals surface area (Å²) in [7, 11) is -3.75. The summed E-state index contributed by atoms with van der Waals surface area (Å²) in [5.74, 6) is 0.632. The Hall–Kier alpha value is -3.22. The highest BCUT2D eigenvalue weighted by Crippen LogP contribution is 2.10. The van der Waals surface area contributed by atoms with Gasteiger partial charge in [0.25, 0.3) is 5.91 Å². The molecule has 7 nitrogen and oxygen atoms in total. The largest absolute Gasteiger partial charge is 0.273 e. The Morgan fingerprint density at radius 2 is 1.63 bits per heavy atom. The lowest BCUT2D eigenvalue weighted by Gasteiger charge is -2.08. The second-order valence-electron chi connectivity index (χ2n) is 5.36. The van der Waals surface area contributed by atoms with E-state index in [1.807, 2.05) is 0 Å². The van der Waals surface area contributed by atoms with Crippen molar-refractivity contribution in [2.75, 3.05) is 6.54 Å². The number of carbonyl (C=O) groups excluding carboxylic acids is 2. The number of sulfonamides is 1. The summed E-state index contributed by atoms with van der Waals surface area (Å²) in [4.78, 5) is 23.8. The van der Waals surface area contributed by atoms with E-state index in [0.717, 1.165) is 0 Å². The smallest absolute Gasteiger partial charge is 0.269 e. The van der Waals surface area contributed by atoms with E-state index >= 15 is 0 Å². The fourth-order valence-electron chi connectivity index (χ4n) is 2.04. The lowest BCUT2D eigenvalue weighted by atomic mass is 10.1. The van der Waals surface area contributed by atoms with Crippen molar-refractivity contribution in [2.45, 2.75) is 11.3 Å². The van der Waals surface area contributed by atoms with Crippen molar-refractivity contribution in [1.82, 2.24) is 15.6 Å². The average molecular weight is 389 g/mol. The summed E-state index contributed by atoms with van der Waals surface area (Å²) >= 11 is 0. The molecular weight excluding hydrogens is 373 g/mol. The van der Waals surface area contributed by atoms with Crippen LogP contribution in [0, 0.1) is 18.2 Å². The highest BCUT2D eigenvalue weighted by Gasteiger charge is 2.14. The molecule has 0 aliphatic heterocycles. The molecule has 140 valence electrons. The van der Waals surface area contributed by atoms with E-state index in [2.05, 4.69) is 21.5 Å². The predicted octanol–water partition coefficient (Wildman–Crippen LogP) is 0.741. The summed E-state index contributed by atoms with van der Waals surface area (Å²) in [5.41, 5.74) is 5.18. The molecule has 0 unspecified atom stereocenters. The quantitative estimate of drug-likeness (QED) is 0.501. The van der Waals surface area contributed by atoms with Crippen molar-refractivity contribution in [2.24, 2.45) is 0 Å². The number of amides is 2. The first-order valence-electron chi connectivity index (χ1n) is 7.68. The Bertz CT molecular complexity index is 965. The lowest BCUT2D eigenvalue weighted by Crippen LogP contribution is -2.42. The SMILES string of the molecule is C#CCNS(=O)(=O)c1ccc(C(=O)NNC(=O)Cc2ccc(F)cc2)cc1. The van der Waals surface area contributed by atoms with Gasteiger partial charge in [-0.1, -0.05) is 18.1 Å². The molecule has 0 aromatic heterocycles. The van der Waals surface area contributed by atoms with E-state index < -0.39 is 27.7 Å². The molecule has 2 amide bonds. The summed E-state index contributed by atoms with van der Waals surface area (Å²) < 4.78 is 38.8. The molecule has 3 N–H and O–H groups in total. The standard InChI is InChI=1S/C18H16FN3O4S/c1-2-11-20-27(25,26)16-9-5-14(6-10-16)18(24)22-21-17(23)12-13-3-7-15(19)8-4-13/h1,3-10,20H,11-12H2,(H,21,23)(H,22,24). The Balaban J connectivity index is 1.91. The van der Waals surface area contributed by atoms with Crippen LogP contribution in [-0.4, -0.2) is 26.8 Å². The van der Waals surface area contributed by atoms with E-state index in [9.17, 15) is 22.4 Å². The van der Waals surface area contributed by atoms with Gasteiger partial charge in [0.05, 0.1) is 17.9 Å². The van der Waals surface area contributed by atoms with Crippen molar-refractivity contribution in [3.8, 4) is 12.3 Å². The number of rotatable bonds is 6. The molecular formula is C18H16FN3O4S. The number of halogens is 1. The Labute approximate surface area is 156 Å². The van der Waals surface area contributed by atoms with Gasteiger partial charge in [0.15, 0.2) is 0 Å². The van der Waals surface area contributed by atoms with Crippen LogP contribution >= 0.6 is 0 Å². The van der Waals surface area contributed by atoms with Gasteiger partial charge in [0.1, 0.15) is 5.82 Å². The third kappa shape index (κ3) is 5.91. The molecule has 0 spiro atoms. The molecule has 0 fully saturated rings. The maximum absolute atomic E-state index is 12.8. The van der Waals surface area contributed by atoms with Gasteiger partial charge in [-0.25, -0.2) is 12.8 Å². The fraction of sp³-hybridized carbons (Fsp3) is 0.111. The highest BCUT2D eigenvalue weighted by molar-refractivity contribution is 7.89. The fourth-order valence-corrected chi connectivity index (χ4v) is 2.97. The van der Waals surface area contributed by atoms with Crippen molar-refractivity contribution in [1.29, 1.82) is 0 Å². The van der Waals surface area contributed by atoms with Crippen LogP contribution in [0.3, 0.4) is 0 Å². The molecule has 0 bridgehead atoms. The van der Waals surface area contributed by atoms with Crippen LogP contribution in [0.2, 0.25) is 0 Å². The minimum atomic E-state index is -3.75. The summed E-state index contributed by atoms with van der Waals surface area (Å²) in [6.45, 7) is -0.148. The van der Waals surface area contributed by atoms with Crippen molar-refractivity contribution >= 4 is 21.8 Å². The molecule has 0 aliphatic carbocycles. The first kappa shape index (κ1) is 20.1. The van der Waals surface area contributed by atoms with E-state index in [0.29, 0.717) is 5.56 Å². The van der Waals surface area contributed by atoms with Crippen LogP contribution in [0.5, 0.6) is 0 Å². The van der Waals surface area contributed by atoms with E-state index in [-0.39, 0.29) is 23.4 Å². The molecule has 0 saturated heterocycles. The molecule has 0 heterocycles. The molecule has 2 aromatic carbocycles. The van der Waals surface area contributed by atoms with Crippen LogP contribution in [0.15, 0.2) is 53.4 Å². The van der Waals surface area contributed by atoms with Gasteiger partial charge in [0.2, 0.25) is 15.9 Å². The number of hydrazine groups is 1. The van der Waals surface area contributed by atoms with Crippen LogP contribution in [0.25, 0.3) is 0 Å². The Kier molecular flexibility index (Phi) is 6.65. The minimum Gasteiger partial charge on any atom is -0.273 e. The molecule has 9 heteroatoms. The third-order valence-electron chi connectivity index (χ3n) is 3.38. The zero-order valence-electron chi connectivity index (χ0n) is 14.0. The topological polar surface area (TPSA) is 104 Å². The normalized spacial score (nSPS) is 10.7. The summed E-state index contributed by atoms with van der Waals surface area (Å²) in [5, 5.41) is 0. The molecule has 27 heavy (non-hydrogen) atoms. The second-order valence-corrected chi connectivity index (χ2v) is 7.13. The Morgan fingerprint density at radius 3 is 2.22 bits per heavy atom. The molecule has 2 aromatic rings. The summed E-state index contributed by atoms with van der Waals surface area (Å²) in [6.07, 6.45) is 4.97. The van der Waals surface area contributed by atoms with Crippen molar-refractivity contribution < 1.29 is 22.4 Å². The molecule has 0 aliphatic rings. The summed E-state index contributed by atoms with van der Waals surface area (Å²) in [6, 6.07) is 10.5. The zero-order chi connectivity index (χ0) is 19.9. The molecule has 0 saturated carbocycles. The minimum absolute atomic E-state index is 0.0431. The van der Waals surface area contributed by atoms with Gasteiger partial charge < -0.3 is 0 Å². The zero-order valence-corrected chi connectivity index (χ0v) is 14.8. The monoisotopic (exact) mass is 389 g/mol. The molecule has 0 radical (unpaired) electrons. The van der Waals surface area contributed by atoms with Crippen molar-refractivity contribution in [3.05, 3.63) is 65.5 Å². The van der Waals surface area contributed by atoms with Gasteiger partial charge >= 0.3 is 0 Å². The first-order chi connectivity index (χ1) is 12.8. The predicted molar refractivity (Wildman–Crippen MR) is 96.2 cm³/mol. The van der Waals surface area contributed by atoms with Gasteiger partial charge in [-0.15, -0.1) is 6.42 Å². The number of nitrogens with one attached hydrogen (secondary N) is 3. The maximum atomic E-state index is 12.8. The van der Waals surface area contributed by atoms with Gasteiger partial charge in [-0.2, -0.15) is 4.72 Å². The number of hydrogen-bond acceptors (Lipinski definition) is 4.